The van der Waals surface area contributed by atoms with E-state index < -0.39 is 28.5 Å². The molecule has 0 fully saturated rings. The number of benzene rings is 2. The number of hydrogen-bond donors (Lipinski definition) is 1. The van der Waals surface area contributed by atoms with Crippen molar-refractivity contribution >= 4 is 61.5 Å². The number of nitrogens with zero attached hydrogens (tertiary/aromatic N) is 2. The fraction of sp³-hybridized carbons (Fsp3) is 0.207. The van der Waals surface area contributed by atoms with Crippen molar-refractivity contribution in [1.82, 2.24) is 9.29 Å². The van der Waals surface area contributed by atoms with Gasteiger partial charge in [-0.05, 0) is 72.2 Å². The van der Waals surface area contributed by atoms with Gasteiger partial charge in [0.1, 0.15) is 0 Å². The molecule has 1 amide bonds. The molecule has 0 aliphatic heterocycles. The maximum atomic E-state index is 13.4. The van der Waals surface area contributed by atoms with Crippen LogP contribution < -0.4 is 5.32 Å². The van der Waals surface area contributed by atoms with Gasteiger partial charge >= 0.3 is 5.97 Å². The molecule has 1 N–H and O–H groups in total. The van der Waals surface area contributed by atoms with Crippen molar-refractivity contribution in [2.24, 2.45) is 0 Å². The molecular weight excluding hydrogens is 534 g/mol. The summed E-state index contributed by atoms with van der Waals surface area (Å²) >= 11 is 1.64. The molecule has 0 bridgehead atoms. The average molecular weight is 562 g/mol. The molecule has 2 aromatic heterocycles. The smallest absolute Gasteiger partial charge is 0.339 e. The summed E-state index contributed by atoms with van der Waals surface area (Å²) in [6, 6.07) is 17.4. The number of esters is 1. The van der Waals surface area contributed by atoms with E-state index in [0.717, 1.165) is 38.9 Å². The lowest BCUT2D eigenvalue weighted by molar-refractivity contribution is -0.119. The summed E-state index contributed by atoms with van der Waals surface area (Å²) in [4.78, 5) is 32.2. The molecular formula is C29H27N3O5S2. The van der Waals surface area contributed by atoms with E-state index in [4.69, 9.17) is 9.72 Å². The minimum absolute atomic E-state index is 0.0450. The van der Waals surface area contributed by atoms with Gasteiger partial charge in [-0.1, -0.05) is 30.3 Å². The number of anilines is 1. The van der Waals surface area contributed by atoms with Crippen molar-refractivity contribution in [3.8, 4) is 0 Å². The largest absolute Gasteiger partial charge is 0.452 e. The van der Waals surface area contributed by atoms with Gasteiger partial charge in [0.2, 0.25) is 10.0 Å². The Morgan fingerprint density at radius 2 is 1.90 bits per heavy atom. The molecule has 0 saturated carbocycles. The van der Waals surface area contributed by atoms with Crippen LogP contribution in [0.2, 0.25) is 0 Å². The van der Waals surface area contributed by atoms with E-state index in [0.29, 0.717) is 22.9 Å². The highest BCUT2D eigenvalue weighted by Gasteiger charge is 2.26. The number of para-hydroxylation sites is 1. The van der Waals surface area contributed by atoms with Gasteiger partial charge in [-0.25, -0.2) is 22.5 Å². The number of pyridine rings is 1. The molecule has 2 aromatic carbocycles. The number of sulfonamides is 1. The number of ether oxygens (including phenoxy) is 1. The monoisotopic (exact) mass is 561 g/mol. The molecule has 0 spiro atoms. The number of carbonyl (C=O) groups is 2. The van der Waals surface area contributed by atoms with Crippen LogP contribution in [0, 0.1) is 0 Å². The first-order valence-electron chi connectivity index (χ1n) is 12.4. The van der Waals surface area contributed by atoms with Crippen molar-refractivity contribution < 1.29 is 22.7 Å². The van der Waals surface area contributed by atoms with Gasteiger partial charge in [0.15, 0.2) is 6.61 Å². The normalized spacial score (nSPS) is 14.4. The maximum absolute atomic E-state index is 13.4. The van der Waals surface area contributed by atoms with Crippen LogP contribution in [0.3, 0.4) is 0 Å². The summed E-state index contributed by atoms with van der Waals surface area (Å²) in [5.41, 5.74) is 4.10. The Balaban J connectivity index is 1.39. The van der Waals surface area contributed by atoms with Gasteiger partial charge in [0.05, 0.1) is 21.7 Å². The SMILES string of the molecule is CN(C)S(=O)(=O)c1cccc(NC(=O)COC(=O)c2c3c(nc4ccccc24)/C(=C\c2cccs2)CCC3)c1. The van der Waals surface area contributed by atoms with Crippen LogP contribution in [0.4, 0.5) is 5.69 Å². The summed E-state index contributed by atoms with van der Waals surface area (Å²) < 4.78 is 31.4. The highest BCUT2D eigenvalue weighted by molar-refractivity contribution is 7.89. The fourth-order valence-corrected chi connectivity index (χ4v) is 6.23. The van der Waals surface area contributed by atoms with Crippen LogP contribution in [0.5, 0.6) is 0 Å². The highest BCUT2D eigenvalue weighted by Crippen LogP contribution is 2.36. The van der Waals surface area contributed by atoms with Gasteiger partial charge in [0.25, 0.3) is 5.91 Å². The van der Waals surface area contributed by atoms with E-state index in [1.54, 1.807) is 17.4 Å². The van der Waals surface area contributed by atoms with Gasteiger partial charge in [-0.2, -0.15) is 0 Å². The molecule has 0 atom stereocenters. The summed E-state index contributed by atoms with van der Waals surface area (Å²) in [5, 5.41) is 5.32. The molecule has 0 saturated heterocycles. The van der Waals surface area contributed by atoms with Crippen LogP contribution in [0.1, 0.15) is 39.3 Å². The molecule has 4 aromatic rings. The van der Waals surface area contributed by atoms with Crippen molar-refractivity contribution in [2.45, 2.75) is 24.2 Å². The van der Waals surface area contributed by atoms with Crippen molar-refractivity contribution in [1.29, 1.82) is 0 Å². The second kappa shape index (κ2) is 11.1. The van der Waals surface area contributed by atoms with Crippen LogP contribution in [0.15, 0.2) is 70.9 Å². The predicted octanol–water partition coefficient (Wildman–Crippen LogP) is 5.22. The van der Waals surface area contributed by atoms with Gasteiger partial charge in [-0.15, -0.1) is 11.3 Å². The zero-order valence-corrected chi connectivity index (χ0v) is 23.1. The summed E-state index contributed by atoms with van der Waals surface area (Å²) in [7, 11) is -0.795. The molecule has 39 heavy (non-hydrogen) atoms. The number of aromatic nitrogens is 1. The summed E-state index contributed by atoms with van der Waals surface area (Å²) in [5.74, 6) is -1.17. The molecule has 10 heteroatoms. The van der Waals surface area contributed by atoms with E-state index in [2.05, 4.69) is 11.4 Å². The molecule has 8 nitrogen and oxygen atoms in total. The van der Waals surface area contributed by atoms with Crippen LogP contribution in [0.25, 0.3) is 22.6 Å². The number of hydrogen-bond acceptors (Lipinski definition) is 7. The number of fused-ring (bicyclic) bond motifs is 2. The highest BCUT2D eigenvalue weighted by atomic mass is 32.2. The number of carbonyl (C=O) groups excluding carboxylic acids is 2. The third-order valence-electron chi connectivity index (χ3n) is 6.46. The number of thiophene rings is 1. The predicted molar refractivity (Wildman–Crippen MR) is 153 cm³/mol. The third kappa shape index (κ3) is 5.63. The molecule has 5 rings (SSSR count). The second-order valence-corrected chi connectivity index (χ2v) is 12.4. The number of nitrogens with one attached hydrogen (secondary N) is 1. The minimum Gasteiger partial charge on any atom is -0.452 e. The van der Waals surface area contributed by atoms with Crippen LogP contribution >= 0.6 is 11.3 Å². The number of rotatable bonds is 7. The first-order valence-corrected chi connectivity index (χ1v) is 14.7. The quantitative estimate of drug-likeness (QED) is 0.310. The lowest BCUT2D eigenvalue weighted by Gasteiger charge is -2.22. The minimum atomic E-state index is -3.66. The van der Waals surface area contributed by atoms with Crippen molar-refractivity contribution in [2.75, 3.05) is 26.0 Å². The second-order valence-electron chi connectivity index (χ2n) is 9.31. The lowest BCUT2D eigenvalue weighted by atomic mass is 9.86. The molecule has 0 unspecified atom stereocenters. The maximum Gasteiger partial charge on any atom is 0.339 e. The Morgan fingerprint density at radius 1 is 1.08 bits per heavy atom. The van der Waals surface area contributed by atoms with Crippen molar-refractivity contribution in [3.63, 3.8) is 0 Å². The van der Waals surface area contributed by atoms with Crippen LogP contribution in [-0.4, -0.2) is 50.3 Å². The number of allylic oxidation sites excluding steroid dienone is 1. The van der Waals surface area contributed by atoms with Gasteiger partial charge in [0, 0.05) is 30.0 Å². The fourth-order valence-electron chi connectivity index (χ4n) is 4.60. The van der Waals surface area contributed by atoms with Crippen LogP contribution in [-0.2, 0) is 26.0 Å². The Hall–Kier alpha value is -3.86. The molecule has 200 valence electrons. The lowest BCUT2D eigenvalue weighted by Crippen LogP contribution is -2.24. The Labute approximate surface area is 231 Å². The Morgan fingerprint density at radius 3 is 2.67 bits per heavy atom. The van der Waals surface area contributed by atoms with E-state index >= 15 is 0 Å². The molecule has 2 heterocycles. The third-order valence-corrected chi connectivity index (χ3v) is 9.10. The first-order chi connectivity index (χ1) is 18.7. The van der Waals surface area contributed by atoms with Gasteiger partial charge in [-0.3, -0.25) is 4.79 Å². The average Bonchev–Trinajstić information content (AvgIpc) is 3.44. The van der Waals surface area contributed by atoms with E-state index in [1.165, 1.54) is 32.3 Å². The molecule has 1 aliphatic carbocycles. The van der Waals surface area contributed by atoms with Crippen molar-refractivity contribution in [3.05, 3.63) is 87.7 Å². The molecule has 1 aliphatic rings. The topological polar surface area (TPSA) is 106 Å². The summed E-state index contributed by atoms with van der Waals surface area (Å²) in [6.45, 7) is -0.521. The standard InChI is InChI=1S/C29H27N3O5S2/c1-32(2)39(35,36)22-11-6-9-20(17-22)30-26(33)18-37-29(34)27-23-12-3-4-14-25(23)31-28-19(8-5-13-24(27)28)16-21-10-7-15-38-21/h3-4,6-7,9-12,14-17H,5,8,13,18H2,1-2H3,(H,30,33)/b19-16-. The number of amides is 1. The Bertz CT molecular complexity index is 1690. The zero-order chi connectivity index (χ0) is 27.6. The summed E-state index contributed by atoms with van der Waals surface area (Å²) in [6.07, 6.45) is 4.53. The molecule has 0 radical (unpaired) electrons. The van der Waals surface area contributed by atoms with E-state index in [1.807, 2.05) is 41.8 Å². The zero-order valence-electron chi connectivity index (χ0n) is 21.5. The first kappa shape index (κ1) is 26.7. The van der Waals surface area contributed by atoms with Gasteiger partial charge < -0.3 is 10.1 Å². The Kier molecular flexibility index (Phi) is 7.60. The van der Waals surface area contributed by atoms with E-state index in [9.17, 15) is 18.0 Å². The van der Waals surface area contributed by atoms with E-state index in [-0.39, 0.29) is 10.6 Å².